The molecule has 0 saturated heterocycles. The molecule has 1 aromatic carbocycles. The maximum absolute atomic E-state index is 12.3. The van der Waals surface area contributed by atoms with Crippen molar-refractivity contribution in [3.05, 3.63) is 29.8 Å². The van der Waals surface area contributed by atoms with Crippen LogP contribution in [0.5, 0.6) is 0 Å². The SMILES string of the molecule is CC(CC(=O)O)NS(=O)(=O)c1ccc(C(F)(F)F)cc1. The maximum atomic E-state index is 12.3. The predicted molar refractivity (Wildman–Crippen MR) is 63.5 cm³/mol. The van der Waals surface area contributed by atoms with Gasteiger partial charge >= 0.3 is 12.1 Å². The summed E-state index contributed by atoms with van der Waals surface area (Å²) in [6.45, 7) is 1.34. The first-order valence-electron chi connectivity index (χ1n) is 5.44. The molecule has 1 rings (SSSR count). The molecule has 0 amide bonds. The van der Waals surface area contributed by atoms with Crippen molar-refractivity contribution in [3.8, 4) is 0 Å². The molecule has 1 aromatic rings. The summed E-state index contributed by atoms with van der Waals surface area (Å²) in [4.78, 5) is 10.1. The third-order valence-electron chi connectivity index (χ3n) is 2.33. The molecule has 0 aromatic heterocycles. The number of alkyl halides is 3. The highest BCUT2D eigenvalue weighted by Crippen LogP contribution is 2.29. The Kier molecular flexibility index (Phi) is 4.77. The van der Waals surface area contributed by atoms with Gasteiger partial charge in [-0.15, -0.1) is 0 Å². The zero-order valence-electron chi connectivity index (χ0n) is 10.3. The van der Waals surface area contributed by atoms with Crippen molar-refractivity contribution < 1.29 is 31.5 Å². The van der Waals surface area contributed by atoms with Crippen LogP contribution in [0.3, 0.4) is 0 Å². The van der Waals surface area contributed by atoms with Crippen molar-refractivity contribution in [2.24, 2.45) is 0 Å². The van der Waals surface area contributed by atoms with Crippen LogP contribution >= 0.6 is 0 Å². The third-order valence-corrected chi connectivity index (χ3v) is 3.93. The Morgan fingerprint density at radius 3 is 2.20 bits per heavy atom. The number of carbonyl (C=O) groups is 1. The Morgan fingerprint density at radius 1 is 1.30 bits per heavy atom. The molecular formula is C11H12F3NO4S. The first-order valence-corrected chi connectivity index (χ1v) is 6.92. The molecule has 0 bridgehead atoms. The predicted octanol–water partition coefficient (Wildman–Crippen LogP) is 1.85. The Labute approximate surface area is 113 Å². The molecule has 0 heterocycles. The second kappa shape index (κ2) is 5.80. The summed E-state index contributed by atoms with van der Waals surface area (Å²) >= 11 is 0. The summed E-state index contributed by atoms with van der Waals surface area (Å²) in [5, 5.41) is 8.52. The maximum Gasteiger partial charge on any atom is 0.416 e. The normalized spacial score (nSPS) is 14.0. The summed E-state index contributed by atoms with van der Waals surface area (Å²) in [6.07, 6.45) is -4.98. The number of carboxylic acid groups (broad SMARTS) is 1. The van der Waals surface area contributed by atoms with Crippen LogP contribution in [0.25, 0.3) is 0 Å². The fourth-order valence-electron chi connectivity index (χ4n) is 1.46. The Bertz CT molecular complexity index is 581. The molecule has 0 saturated carbocycles. The molecular weight excluding hydrogens is 299 g/mol. The highest BCUT2D eigenvalue weighted by atomic mass is 32.2. The number of halogens is 3. The average Bonchev–Trinajstić information content (AvgIpc) is 2.26. The van der Waals surface area contributed by atoms with E-state index in [0.717, 1.165) is 12.1 Å². The largest absolute Gasteiger partial charge is 0.481 e. The van der Waals surface area contributed by atoms with Crippen molar-refractivity contribution in [2.45, 2.75) is 30.5 Å². The molecule has 2 N–H and O–H groups in total. The van der Waals surface area contributed by atoms with Gasteiger partial charge in [0.25, 0.3) is 0 Å². The summed E-state index contributed by atoms with van der Waals surface area (Å²) in [5.41, 5.74) is -0.963. The van der Waals surface area contributed by atoms with Crippen LogP contribution < -0.4 is 4.72 Å². The number of hydrogen-bond donors (Lipinski definition) is 2. The molecule has 5 nitrogen and oxygen atoms in total. The molecule has 0 radical (unpaired) electrons. The average molecular weight is 311 g/mol. The molecule has 0 spiro atoms. The van der Waals surface area contributed by atoms with E-state index in [1.54, 1.807) is 0 Å². The molecule has 0 aliphatic heterocycles. The summed E-state index contributed by atoms with van der Waals surface area (Å²) < 4.78 is 62.7. The molecule has 112 valence electrons. The van der Waals surface area contributed by atoms with Gasteiger partial charge in [-0.1, -0.05) is 0 Å². The number of hydrogen-bond acceptors (Lipinski definition) is 3. The molecule has 20 heavy (non-hydrogen) atoms. The van der Waals surface area contributed by atoms with Gasteiger partial charge in [0.2, 0.25) is 10.0 Å². The van der Waals surface area contributed by atoms with E-state index < -0.39 is 40.2 Å². The minimum absolute atomic E-state index is 0.359. The highest BCUT2D eigenvalue weighted by molar-refractivity contribution is 7.89. The van der Waals surface area contributed by atoms with E-state index in [1.165, 1.54) is 6.92 Å². The van der Waals surface area contributed by atoms with Crippen LogP contribution in [0.15, 0.2) is 29.2 Å². The first-order chi connectivity index (χ1) is 9.02. The van der Waals surface area contributed by atoms with E-state index in [1.807, 2.05) is 0 Å². The van der Waals surface area contributed by atoms with E-state index in [2.05, 4.69) is 4.72 Å². The van der Waals surface area contributed by atoms with Gasteiger partial charge in [0.1, 0.15) is 0 Å². The summed E-state index contributed by atoms with van der Waals surface area (Å²) in [5.74, 6) is -1.19. The standard InChI is InChI=1S/C11H12F3NO4S/c1-7(6-10(16)17)15-20(18,19)9-4-2-8(3-5-9)11(12,13)14/h2-5,7,15H,6H2,1H3,(H,16,17). The van der Waals surface area contributed by atoms with E-state index in [9.17, 15) is 26.4 Å². The Morgan fingerprint density at radius 2 is 1.80 bits per heavy atom. The zero-order valence-corrected chi connectivity index (χ0v) is 11.1. The third kappa shape index (κ3) is 4.49. The van der Waals surface area contributed by atoms with Crippen molar-refractivity contribution in [3.63, 3.8) is 0 Å². The molecule has 9 heteroatoms. The second-order valence-corrected chi connectivity index (χ2v) is 5.86. The van der Waals surface area contributed by atoms with E-state index in [0.29, 0.717) is 12.1 Å². The number of aliphatic carboxylic acids is 1. The fraction of sp³-hybridized carbons (Fsp3) is 0.364. The van der Waals surface area contributed by atoms with Crippen LogP contribution in [0.4, 0.5) is 13.2 Å². The number of nitrogens with one attached hydrogen (secondary N) is 1. The van der Waals surface area contributed by atoms with Gasteiger partial charge in [0, 0.05) is 6.04 Å². The van der Waals surface area contributed by atoms with Crippen molar-refractivity contribution in [1.82, 2.24) is 4.72 Å². The zero-order chi connectivity index (χ0) is 15.6. The Hall–Kier alpha value is -1.61. The monoisotopic (exact) mass is 311 g/mol. The molecule has 0 aliphatic rings. The van der Waals surface area contributed by atoms with Gasteiger partial charge in [-0.3, -0.25) is 4.79 Å². The van der Waals surface area contributed by atoms with Crippen molar-refractivity contribution in [2.75, 3.05) is 0 Å². The van der Waals surface area contributed by atoms with Crippen molar-refractivity contribution >= 4 is 16.0 Å². The lowest BCUT2D eigenvalue weighted by Gasteiger charge is -2.13. The van der Waals surface area contributed by atoms with Crippen LogP contribution in [0.2, 0.25) is 0 Å². The van der Waals surface area contributed by atoms with Crippen molar-refractivity contribution in [1.29, 1.82) is 0 Å². The smallest absolute Gasteiger partial charge is 0.416 e. The number of benzene rings is 1. The molecule has 0 aliphatic carbocycles. The van der Waals surface area contributed by atoms with Gasteiger partial charge in [-0.05, 0) is 31.2 Å². The molecule has 1 atom stereocenters. The van der Waals surface area contributed by atoms with Gasteiger partial charge in [0.05, 0.1) is 16.9 Å². The first kappa shape index (κ1) is 16.4. The van der Waals surface area contributed by atoms with Gasteiger partial charge < -0.3 is 5.11 Å². The molecule has 0 fully saturated rings. The topological polar surface area (TPSA) is 83.5 Å². The van der Waals surface area contributed by atoms with E-state index in [-0.39, 0.29) is 4.90 Å². The van der Waals surface area contributed by atoms with Gasteiger partial charge in [-0.2, -0.15) is 13.2 Å². The second-order valence-electron chi connectivity index (χ2n) is 4.14. The minimum Gasteiger partial charge on any atom is -0.481 e. The quantitative estimate of drug-likeness (QED) is 0.869. The lowest BCUT2D eigenvalue weighted by molar-refractivity contribution is -0.138. The number of sulfonamides is 1. The minimum atomic E-state index is -4.55. The number of rotatable bonds is 5. The van der Waals surface area contributed by atoms with E-state index in [4.69, 9.17) is 5.11 Å². The fourth-order valence-corrected chi connectivity index (χ4v) is 2.70. The van der Waals surface area contributed by atoms with Crippen LogP contribution in [-0.4, -0.2) is 25.5 Å². The lowest BCUT2D eigenvalue weighted by atomic mass is 10.2. The van der Waals surface area contributed by atoms with Crippen LogP contribution in [-0.2, 0) is 21.0 Å². The van der Waals surface area contributed by atoms with Gasteiger partial charge in [0.15, 0.2) is 0 Å². The van der Waals surface area contributed by atoms with E-state index >= 15 is 0 Å². The summed E-state index contributed by atoms with van der Waals surface area (Å²) in [7, 11) is -4.05. The summed E-state index contributed by atoms with van der Waals surface area (Å²) in [6, 6.07) is 2.06. The van der Waals surface area contributed by atoms with Crippen LogP contribution in [0.1, 0.15) is 18.9 Å². The van der Waals surface area contributed by atoms with Crippen LogP contribution in [0, 0.1) is 0 Å². The highest BCUT2D eigenvalue weighted by Gasteiger charge is 2.30. The Balaban J connectivity index is 2.91. The number of carboxylic acids is 1. The van der Waals surface area contributed by atoms with Gasteiger partial charge in [-0.25, -0.2) is 13.1 Å². The molecule has 1 unspecified atom stereocenters. The lowest BCUT2D eigenvalue weighted by Crippen LogP contribution is -2.34.